The number of primary amides is 1. The first kappa shape index (κ1) is 10.8. The number of hydrogen-bond donors (Lipinski definition) is 4. The molecule has 0 unspecified atom stereocenters. The van der Waals surface area contributed by atoms with Crippen molar-refractivity contribution in [2.45, 2.75) is 6.42 Å². The first-order valence-electron chi connectivity index (χ1n) is 4.23. The fourth-order valence-electron chi connectivity index (χ4n) is 1.09. The average molecular weight is 208 g/mol. The minimum Gasteiger partial charge on any atom is -0.409 e. The molecule has 6 heteroatoms. The molecular formula is C9H12N4O2. The van der Waals surface area contributed by atoms with Crippen molar-refractivity contribution in [3.63, 3.8) is 0 Å². The number of carbonyl (C=O) groups excluding carboxylic acids is 1. The highest BCUT2D eigenvalue weighted by Gasteiger charge is 1.99. The first-order chi connectivity index (χ1) is 7.11. The second-order valence-electron chi connectivity index (χ2n) is 2.95. The van der Waals surface area contributed by atoms with Gasteiger partial charge in [0.2, 0.25) is 0 Å². The van der Waals surface area contributed by atoms with E-state index in [-0.39, 0.29) is 5.84 Å². The number of urea groups is 1. The van der Waals surface area contributed by atoms with Gasteiger partial charge in [-0.2, -0.15) is 0 Å². The number of amides is 2. The summed E-state index contributed by atoms with van der Waals surface area (Å²) in [6, 6.07) is 6.27. The molecule has 0 bridgehead atoms. The van der Waals surface area contributed by atoms with Crippen molar-refractivity contribution >= 4 is 17.6 Å². The fraction of sp³-hybridized carbons (Fsp3) is 0.111. The number of rotatable bonds is 3. The van der Waals surface area contributed by atoms with E-state index < -0.39 is 6.03 Å². The molecule has 15 heavy (non-hydrogen) atoms. The van der Waals surface area contributed by atoms with Crippen LogP contribution in [0.15, 0.2) is 29.4 Å². The number of nitrogens with zero attached hydrogens (tertiary/aromatic N) is 1. The zero-order valence-electron chi connectivity index (χ0n) is 7.97. The van der Waals surface area contributed by atoms with Gasteiger partial charge in [-0.15, -0.1) is 0 Å². The second kappa shape index (κ2) is 4.85. The lowest BCUT2D eigenvalue weighted by atomic mass is 10.1. The van der Waals surface area contributed by atoms with Gasteiger partial charge in [0.25, 0.3) is 0 Å². The molecule has 0 radical (unpaired) electrons. The first-order valence-corrected chi connectivity index (χ1v) is 4.23. The molecule has 2 amide bonds. The van der Waals surface area contributed by atoms with E-state index in [1.807, 2.05) is 0 Å². The van der Waals surface area contributed by atoms with E-state index >= 15 is 0 Å². The van der Waals surface area contributed by atoms with Gasteiger partial charge in [-0.25, -0.2) is 4.79 Å². The normalized spacial score (nSPS) is 11.1. The predicted octanol–water partition coefficient (Wildman–Crippen LogP) is 0.466. The van der Waals surface area contributed by atoms with Gasteiger partial charge in [-0.1, -0.05) is 17.3 Å². The number of anilines is 1. The van der Waals surface area contributed by atoms with E-state index in [1.54, 1.807) is 24.3 Å². The maximum Gasteiger partial charge on any atom is 0.316 e. The van der Waals surface area contributed by atoms with Crippen molar-refractivity contribution in [2.75, 3.05) is 5.32 Å². The van der Waals surface area contributed by atoms with Gasteiger partial charge in [-0.3, -0.25) is 0 Å². The van der Waals surface area contributed by atoms with Crippen molar-refractivity contribution in [2.24, 2.45) is 16.6 Å². The lowest BCUT2D eigenvalue weighted by Crippen LogP contribution is -2.19. The van der Waals surface area contributed by atoms with E-state index in [0.29, 0.717) is 12.1 Å². The maximum atomic E-state index is 10.5. The smallest absolute Gasteiger partial charge is 0.316 e. The van der Waals surface area contributed by atoms with E-state index in [2.05, 4.69) is 10.5 Å². The van der Waals surface area contributed by atoms with Gasteiger partial charge in [-0.05, 0) is 17.7 Å². The summed E-state index contributed by atoms with van der Waals surface area (Å²) in [7, 11) is 0. The lowest BCUT2D eigenvalue weighted by molar-refractivity contribution is 0.259. The van der Waals surface area contributed by atoms with Gasteiger partial charge in [0.1, 0.15) is 5.84 Å². The summed E-state index contributed by atoms with van der Waals surface area (Å²) in [6.07, 6.45) is 0.355. The molecule has 0 spiro atoms. The molecule has 80 valence electrons. The topological polar surface area (TPSA) is 114 Å². The number of hydrogen-bond acceptors (Lipinski definition) is 3. The zero-order valence-corrected chi connectivity index (χ0v) is 7.97. The Morgan fingerprint density at radius 2 is 1.93 bits per heavy atom. The Morgan fingerprint density at radius 3 is 2.40 bits per heavy atom. The molecule has 0 atom stereocenters. The van der Waals surface area contributed by atoms with Crippen LogP contribution in [0.5, 0.6) is 0 Å². The average Bonchev–Trinajstić information content (AvgIpc) is 2.20. The van der Waals surface area contributed by atoms with Gasteiger partial charge in [0, 0.05) is 12.1 Å². The van der Waals surface area contributed by atoms with Gasteiger partial charge in [0.05, 0.1) is 0 Å². The van der Waals surface area contributed by atoms with Crippen LogP contribution in [0.2, 0.25) is 0 Å². The highest BCUT2D eigenvalue weighted by Crippen LogP contribution is 2.09. The largest absolute Gasteiger partial charge is 0.409 e. The standard InChI is InChI=1S/C9H12N4O2/c10-8(13-15)5-6-1-3-7(4-2-6)12-9(11)14/h1-4,15H,5H2,(H2,10,13)(H3,11,12,14). The summed E-state index contributed by atoms with van der Waals surface area (Å²) in [5.41, 5.74) is 11.8. The Morgan fingerprint density at radius 1 is 1.33 bits per heavy atom. The van der Waals surface area contributed by atoms with Crippen LogP contribution in [0.4, 0.5) is 10.5 Å². The zero-order chi connectivity index (χ0) is 11.3. The molecule has 0 aromatic heterocycles. The number of nitrogens with two attached hydrogens (primary N) is 2. The summed E-state index contributed by atoms with van der Waals surface area (Å²) in [4.78, 5) is 10.5. The Bertz CT molecular complexity index is 372. The summed E-state index contributed by atoms with van der Waals surface area (Å²) in [5.74, 6) is 0.130. The number of nitrogens with one attached hydrogen (secondary N) is 1. The summed E-state index contributed by atoms with van der Waals surface area (Å²) in [5, 5.41) is 13.6. The monoisotopic (exact) mass is 208 g/mol. The van der Waals surface area contributed by atoms with E-state index in [0.717, 1.165) is 5.56 Å². The second-order valence-corrected chi connectivity index (χ2v) is 2.95. The van der Waals surface area contributed by atoms with E-state index in [9.17, 15) is 4.79 Å². The van der Waals surface area contributed by atoms with Crippen LogP contribution in [0.25, 0.3) is 0 Å². The van der Waals surface area contributed by atoms with Crippen LogP contribution in [-0.4, -0.2) is 17.1 Å². The quantitative estimate of drug-likeness (QED) is 0.250. The Labute approximate surface area is 86.6 Å². The predicted molar refractivity (Wildman–Crippen MR) is 56.8 cm³/mol. The highest BCUT2D eigenvalue weighted by atomic mass is 16.4. The van der Waals surface area contributed by atoms with Crippen LogP contribution in [0.3, 0.4) is 0 Å². The van der Waals surface area contributed by atoms with Crippen molar-refractivity contribution < 1.29 is 10.0 Å². The van der Waals surface area contributed by atoms with Gasteiger partial charge >= 0.3 is 6.03 Å². The molecule has 1 aromatic carbocycles. The molecule has 0 saturated carbocycles. The molecule has 0 aliphatic heterocycles. The third-order valence-electron chi connectivity index (χ3n) is 1.74. The summed E-state index contributed by atoms with van der Waals surface area (Å²) >= 11 is 0. The number of carbonyl (C=O) groups is 1. The minimum atomic E-state index is -0.612. The third-order valence-corrected chi connectivity index (χ3v) is 1.74. The number of amidine groups is 1. The molecule has 0 saturated heterocycles. The van der Waals surface area contributed by atoms with Crippen LogP contribution in [0, 0.1) is 0 Å². The van der Waals surface area contributed by atoms with E-state index in [1.165, 1.54) is 0 Å². The summed E-state index contributed by atoms with van der Waals surface area (Å²) in [6.45, 7) is 0. The Balaban J connectivity index is 2.68. The molecule has 0 aliphatic carbocycles. The molecule has 6 N–H and O–H groups in total. The van der Waals surface area contributed by atoms with Crippen molar-refractivity contribution in [1.29, 1.82) is 0 Å². The molecular weight excluding hydrogens is 196 g/mol. The van der Waals surface area contributed by atoms with Crippen molar-refractivity contribution in [3.8, 4) is 0 Å². The third kappa shape index (κ3) is 3.55. The lowest BCUT2D eigenvalue weighted by Gasteiger charge is -2.03. The van der Waals surface area contributed by atoms with Crippen molar-refractivity contribution in [1.82, 2.24) is 0 Å². The number of benzene rings is 1. The fourth-order valence-corrected chi connectivity index (χ4v) is 1.09. The van der Waals surface area contributed by atoms with Gasteiger partial charge < -0.3 is 22.0 Å². The van der Waals surface area contributed by atoms with Crippen LogP contribution in [0.1, 0.15) is 5.56 Å². The molecule has 1 aromatic rings. The SMILES string of the molecule is NC(=O)Nc1ccc(CC(N)=NO)cc1. The molecule has 0 aliphatic rings. The molecule has 1 rings (SSSR count). The van der Waals surface area contributed by atoms with E-state index in [4.69, 9.17) is 16.7 Å². The summed E-state index contributed by atoms with van der Waals surface area (Å²) < 4.78 is 0. The highest BCUT2D eigenvalue weighted by molar-refractivity contribution is 5.88. The maximum absolute atomic E-state index is 10.5. The Kier molecular flexibility index (Phi) is 3.50. The minimum absolute atomic E-state index is 0.130. The number of oxime groups is 1. The molecule has 6 nitrogen and oxygen atoms in total. The van der Waals surface area contributed by atoms with Crippen LogP contribution >= 0.6 is 0 Å². The van der Waals surface area contributed by atoms with Crippen LogP contribution in [-0.2, 0) is 6.42 Å². The van der Waals surface area contributed by atoms with Gasteiger partial charge in [0.15, 0.2) is 0 Å². The Hall–Kier alpha value is -2.24. The van der Waals surface area contributed by atoms with Crippen molar-refractivity contribution in [3.05, 3.63) is 29.8 Å². The molecule has 0 heterocycles. The molecule has 0 fully saturated rings. The van der Waals surface area contributed by atoms with Crippen LogP contribution < -0.4 is 16.8 Å².